The summed E-state index contributed by atoms with van der Waals surface area (Å²) in [7, 11) is 0. The SMILES string of the molecule is CCCCCCCCCCCCCCCC/C=C/C(O)C(COC1OC(CO)C(O)C(O)C1O)NC(=O)CCCCCCCCCCCCCCCCCCCCCCCCCCCCCCCCCCCC. The summed E-state index contributed by atoms with van der Waals surface area (Å²) in [6.45, 7) is 3.83. The standard InChI is InChI=1S/C64H125NO8/c1-3-5-7-9-11-13-15-17-19-21-22-23-24-25-26-27-28-29-30-31-32-33-34-35-36-37-38-40-42-44-46-48-50-52-54-60(68)65-57(56-72-64-63(71)62(70)61(69)59(55-66)73-64)58(67)53-51-49-47-45-43-41-39-20-18-16-14-12-10-8-6-4-2/h51,53,57-59,61-64,66-67,69-71H,3-50,52,54-56H2,1-2H3,(H,65,68)/b53-51+. The van der Waals surface area contributed by atoms with Crippen molar-refractivity contribution in [3.63, 3.8) is 0 Å². The summed E-state index contributed by atoms with van der Waals surface area (Å²) < 4.78 is 11.3. The molecule has 1 amide bonds. The molecule has 9 nitrogen and oxygen atoms in total. The maximum Gasteiger partial charge on any atom is 0.220 e. The van der Waals surface area contributed by atoms with Crippen LogP contribution in [0.1, 0.15) is 335 Å². The highest BCUT2D eigenvalue weighted by molar-refractivity contribution is 5.76. The van der Waals surface area contributed by atoms with E-state index in [1.807, 2.05) is 6.08 Å². The van der Waals surface area contributed by atoms with Crippen LogP contribution in [-0.4, -0.2) is 87.5 Å². The van der Waals surface area contributed by atoms with Gasteiger partial charge < -0.3 is 40.3 Å². The lowest BCUT2D eigenvalue weighted by Crippen LogP contribution is -2.60. The van der Waals surface area contributed by atoms with Crippen LogP contribution < -0.4 is 5.32 Å². The molecule has 1 saturated heterocycles. The van der Waals surface area contributed by atoms with Crippen molar-refractivity contribution >= 4 is 5.91 Å². The average molecular weight is 1040 g/mol. The molecule has 9 heteroatoms. The van der Waals surface area contributed by atoms with Crippen LogP contribution in [0.15, 0.2) is 12.2 Å². The molecule has 0 spiro atoms. The molecule has 1 aliphatic rings. The number of carbonyl (C=O) groups excluding carboxylic acids is 1. The fraction of sp³-hybridized carbons (Fsp3) is 0.953. The van der Waals surface area contributed by atoms with Crippen molar-refractivity contribution in [1.29, 1.82) is 0 Å². The van der Waals surface area contributed by atoms with Gasteiger partial charge in [-0.25, -0.2) is 0 Å². The van der Waals surface area contributed by atoms with E-state index in [1.54, 1.807) is 6.08 Å². The van der Waals surface area contributed by atoms with Gasteiger partial charge in [-0.15, -0.1) is 0 Å². The molecule has 1 heterocycles. The van der Waals surface area contributed by atoms with E-state index in [0.29, 0.717) is 6.42 Å². The minimum absolute atomic E-state index is 0.169. The molecule has 0 aliphatic carbocycles. The molecule has 0 radical (unpaired) electrons. The molecule has 7 unspecified atom stereocenters. The molecule has 73 heavy (non-hydrogen) atoms. The first-order chi connectivity index (χ1) is 35.8. The van der Waals surface area contributed by atoms with Crippen LogP contribution in [0.2, 0.25) is 0 Å². The lowest BCUT2D eigenvalue weighted by atomic mass is 9.99. The first kappa shape index (κ1) is 69.9. The normalized spacial score (nSPS) is 19.0. The predicted molar refractivity (Wildman–Crippen MR) is 309 cm³/mol. The highest BCUT2D eigenvalue weighted by atomic mass is 16.7. The second-order valence-corrected chi connectivity index (χ2v) is 22.9. The van der Waals surface area contributed by atoms with E-state index >= 15 is 0 Å². The summed E-state index contributed by atoms with van der Waals surface area (Å²) in [6.07, 6.45) is 61.7. The number of allylic oxidation sites excluding steroid dienone is 1. The van der Waals surface area contributed by atoms with Crippen LogP contribution in [-0.2, 0) is 14.3 Å². The fourth-order valence-corrected chi connectivity index (χ4v) is 10.8. The summed E-state index contributed by atoms with van der Waals surface area (Å²) >= 11 is 0. The number of hydrogen-bond acceptors (Lipinski definition) is 8. The van der Waals surface area contributed by atoms with E-state index in [1.165, 1.54) is 276 Å². The summed E-state index contributed by atoms with van der Waals surface area (Å²) in [5.74, 6) is -0.169. The summed E-state index contributed by atoms with van der Waals surface area (Å²) in [6, 6.07) is -0.800. The minimum atomic E-state index is -1.56. The Morgan fingerprint density at radius 3 is 1.07 bits per heavy atom. The molecule has 1 fully saturated rings. The molecule has 0 saturated carbocycles. The molecular weight excluding hydrogens is 911 g/mol. The van der Waals surface area contributed by atoms with E-state index in [0.717, 1.165) is 38.5 Å². The smallest absolute Gasteiger partial charge is 0.220 e. The van der Waals surface area contributed by atoms with Crippen LogP contribution in [0.4, 0.5) is 0 Å². The Morgan fingerprint density at radius 2 is 0.753 bits per heavy atom. The number of carbonyl (C=O) groups is 1. The van der Waals surface area contributed by atoms with Gasteiger partial charge >= 0.3 is 0 Å². The molecule has 0 aromatic rings. The zero-order valence-electron chi connectivity index (χ0n) is 48.4. The van der Waals surface area contributed by atoms with Crippen molar-refractivity contribution < 1.29 is 39.8 Å². The first-order valence-corrected chi connectivity index (χ1v) is 32.4. The molecular formula is C64H125NO8. The van der Waals surface area contributed by atoms with Crippen LogP contribution in [0, 0.1) is 0 Å². The third-order valence-electron chi connectivity index (χ3n) is 15.9. The van der Waals surface area contributed by atoms with E-state index in [9.17, 15) is 30.3 Å². The molecule has 6 N–H and O–H groups in total. The van der Waals surface area contributed by atoms with E-state index < -0.39 is 49.5 Å². The second-order valence-electron chi connectivity index (χ2n) is 22.9. The summed E-state index contributed by atoms with van der Waals surface area (Å²) in [4.78, 5) is 13.1. The van der Waals surface area contributed by atoms with Crippen LogP contribution >= 0.6 is 0 Å². The first-order valence-electron chi connectivity index (χ1n) is 32.4. The Balaban J connectivity index is 2.08. The lowest BCUT2D eigenvalue weighted by Gasteiger charge is -2.40. The fourth-order valence-electron chi connectivity index (χ4n) is 10.8. The largest absolute Gasteiger partial charge is 0.394 e. The quantitative estimate of drug-likeness (QED) is 0.0261. The van der Waals surface area contributed by atoms with Crippen LogP contribution in [0.25, 0.3) is 0 Å². The Labute approximate surface area is 452 Å². The third-order valence-corrected chi connectivity index (χ3v) is 15.9. The van der Waals surface area contributed by atoms with Crippen LogP contribution in [0.5, 0.6) is 0 Å². The van der Waals surface area contributed by atoms with Crippen molar-refractivity contribution in [1.82, 2.24) is 5.32 Å². The molecule has 0 bridgehead atoms. The topological polar surface area (TPSA) is 149 Å². The van der Waals surface area contributed by atoms with Crippen molar-refractivity contribution in [2.75, 3.05) is 13.2 Å². The second kappa shape index (κ2) is 54.3. The third kappa shape index (κ3) is 43.6. The Kier molecular flexibility index (Phi) is 52.0. The number of ether oxygens (including phenoxy) is 2. The van der Waals surface area contributed by atoms with E-state index in [-0.39, 0.29) is 12.5 Å². The van der Waals surface area contributed by atoms with Gasteiger partial charge in [0.25, 0.3) is 0 Å². The van der Waals surface area contributed by atoms with Crippen molar-refractivity contribution in [2.45, 2.75) is 378 Å². The van der Waals surface area contributed by atoms with Gasteiger partial charge in [0.15, 0.2) is 6.29 Å². The van der Waals surface area contributed by atoms with Gasteiger partial charge in [0.1, 0.15) is 24.4 Å². The monoisotopic (exact) mass is 1040 g/mol. The molecule has 7 atom stereocenters. The van der Waals surface area contributed by atoms with Gasteiger partial charge in [-0.1, -0.05) is 321 Å². The molecule has 1 aliphatic heterocycles. The van der Waals surface area contributed by atoms with Crippen molar-refractivity contribution in [3.05, 3.63) is 12.2 Å². The van der Waals surface area contributed by atoms with Gasteiger partial charge in [0.05, 0.1) is 25.4 Å². The Bertz CT molecular complexity index is 1150. The average Bonchev–Trinajstić information content (AvgIpc) is 3.39. The number of rotatable bonds is 57. The Hall–Kier alpha value is -1.07. The maximum atomic E-state index is 13.1. The highest BCUT2D eigenvalue weighted by Gasteiger charge is 2.44. The summed E-state index contributed by atoms with van der Waals surface area (Å²) in [5.41, 5.74) is 0. The van der Waals surface area contributed by atoms with Gasteiger partial charge in [-0.05, 0) is 19.3 Å². The number of hydrogen-bond donors (Lipinski definition) is 6. The van der Waals surface area contributed by atoms with Gasteiger partial charge in [0.2, 0.25) is 5.91 Å². The highest BCUT2D eigenvalue weighted by Crippen LogP contribution is 2.23. The van der Waals surface area contributed by atoms with Crippen LogP contribution in [0.3, 0.4) is 0 Å². The molecule has 0 aromatic heterocycles. The number of unbranched alkanes of at least 4 members (excludes halogenated alkanes) is 47. The van der Waals surface area contributed by atoms with Gasteiger partial charge in [0, 0.05) is 6.42 Å². The molecule has 434 valence electrons. The van der Waals surface area contributed by atoms with Gasteiger partial charge in [-0.2, -0.15) is 0 Å². The number of aliphatic hydroxyl groups is 5. The number of amides is 1. The zero-order chi connectivity index (χ0) is 52.9. The predicted octanol–water partition coefficient (Wildman–Crippen LogP) is 16.7. The van der Waals surface area contributed by atoms with Crippen molar-refractivity contribution in [2.24, 2.45) is 0 Å². The molecule has 1 rings (SSSR count). The Morgan fingerprint density at radius 1 is 0.452 bits per heavy atom. The van der Waals surface area contributed by atoms with Gasteiger partial charge in [-0.3, -0.25) is 4.79 Å². The minimum Gasteiger partial charge on any atom is -0.394 e. The van der Waals surface area contributed by atoms with E-state index in [2.05, 4.69) is 19.2 Å². The lowest BCUT2D eigenvalue weighted by molar-refractivity contribution is -0.302. The number of aliphatic hydroxyl groups excluding tert-OH is 5. The van der Waals surface area contributed by atoms with Crippen molar-refractivity contribution in [3.8, 4) is 0 Å². The number of nitrogens with one attached hydrogen (secondary N) is 1. The van der Waals surface area contributed by atoms with E-state index in [4.69, 9.17) is 9.47 Å². The zero-order valence-corrected chi connectivity index (χ0v) is 48.4. The molecule has 0 aromatic carbocycles. The summed E-state index contributed by atoms with van der Waals surface area (Å²) in [5, 5.41) is 54.6. The maximum absolute atomic E-state index is 13.1.